The van der Waals surface area contributed by atoms with Gasteiger partial charge in [-0.05, 0) is 32.0 Å². The number of nitrogens with zero attached hydrogens (tertiary/aromatic N) is 3. The van der Waals surface area contributed by atoms with Gasteiger partial charge in [-0.1, -0.05) is 23.7 Å². The van der Waals surface area contributed by atoms with Gasteiger partial charge in [-0.3, -0.25) is 4.79 Å². The molecule has 33 heavy (non-hydrogen) atoms. The number of aromatic amines is 1. The molecule has 1 fully saturated rings. The van der Waals surface area contributed by atoms with E-state index >= 15 is 0 Å². The molecule has 2 aromatic heterocycles. The fraction of sp³-hybridized carbons (Fsp3) is 0.364. The van der Waals surface area contributed by atoms with Crippen molar-refractivity contribution in [2.24, 2.45) is 0 Å². The van der Waals surface area contributed by atoms with Gasteiger partial charge in [0.1, 0.15) is 5.54 Å². The number of carboxylic acid groups (broad SMARTS) is 1. The maximum atomic E-state index is 12.0. The quantitative estimate of drug-likeness (QED) is 0.477. The van der Waals surface area contributed by atoms with Crippen LogP contribution in [0.2, 0.25) is 5.02 Å². The number of pyridine rings is 1. The smallest absolute Gasteiger partial charge is 0.328 e. The number of carbonyl (C=O) groups excluding carboxylic acids is 1. The summed E-state index contributed by atoms with van der Waals surface area (Å²) in [5.41, 5.74) is 2.06. The molecular formula is C22H24ClN5O5. The summed E-state index contributed by atoms with van der Waals surface area (Å²) < 4.78 is 10.8. The monoisotopic (exact) mass is 473 g/mol. The molecule has 3 heterocycles. The molecule has 0 unspecified atom stereocenters. The van der Waals surface area contributed by atoms with Gasteiger partial charge in [-0.15, -0.1) is 0 Å². The minimum atomic E-state index is -1.41. The van der Waals surface area contributed by atoms with Crippen molar-refractivity contribution in [2.75, 3.05) is 37.8 Å². The number of hydrogen-bond acceptors (Lipinski definition) is 7. The Balaban J connectivity index is 1.47. The normalized spacial score (nSPS) is 14.3. The predicted octanol–water partition coefficient (Wildman–Crippen LogP) is 2.47. The van der Waals surface area contributed by atoms with Gasteiger partial charge in [0.25, 0.3) is 11.9 Å². The van der Waals surface area contributed by atoms with Crippen LogP contribution in [0.5, 0.6) is 6.01 Å². The van der Waals surface area contributed by atoms with Crippen LogP contribution in [0.3, 0.4) is 0 Å². The Labute approximate surface area is 194 Å². The first-order valence-electron chi connectivity index (χ1n) is 10.4. The zero-order chi connectivity index (χ0) is 23.6. The number of imidazole rings is 1. The van der Waals surface area contributed by atoms with Crippen molar-refractivity contribution >= 4 is 40.3 Å². The van der Waals surface area contributed by atoms with Crippen LogP contribution in [0, 0.1) is 0 Å². The second kappa shape index (κ2) is 9.24. The van der Waals surface area contributed by atoms with Gasteiger partial charge in [-0.2, -0.15) is 4.98 Å². The Morgan fingerprint density at radius 1 is 1.24 bits per heavy atom. The second-order valence-electron chi connectivity index (χ2n) is 8.15. The number of carbonyl (C=O) groups is 2. The molecule has 0 spiro atoms. The molecule has 3 aromatic rings. The standard InChI is InChI=1S/C22H24ClN5O5/c1-22(2,20(30)31)27-17(29)12-33-21-24-16-11-15(23)18(25-19(16)26-21)13-3-5-14(6-4-13)28-7-9-32-10-8-28/h3-6,11H,7-10,12H2,1-2H3,(H,27,29)(H,30,31)(H,24,25,26). The van der Waals surface area contributed by atoms with E-state index < -0.39 is 24.0 Å². The first kappa shape index (κ1) is 22.8. The average molecular weight is 474 g/mol. The molecule has 174 valence electrons. The molecule has 3 N–H and O–H groups in total. The predicted molar refractivity (Wildman–Crippen MR) is 123 cm³/mol. The number of rotatable bonds is 7. The van der Waals surface area contributed by atoms with Gasteiger partial charge in [0.2, 0.25) is 0 Å². The van der Waals surface area contributed by atoms with Gasteiger partial charge in [0.15, 0.2) is 12.3 Å². The summed E-state index contributed by atoms with van der Waals surface area (Å²) in [6.07, 6.45) is 0. The number of nitrogens with one attached hydrogen (secondary N) is 2. The number of hydrogen-bond donors (Lipinski definition) is 3. The lowest BCUT2D eigenvalue weighted by atomic mass is 10.1. The van der Waals surface area contributed by atoms with Gasteiger partial charge < -0.3 is 29.8 Å². The van der Waals surface area contributed by atoms with Crippen LogP contribution in [0.4, 0.5) is 5.69 Å². The number of fused-ring (bicyclic) bond motifs is 1. The molecule has 11 heteroatoms. The number of anilines is 1. The lowest BCUT2D eigenvalue weighted by Gasteiger charge is -2.28. The molecule has 4 rings (SSSR count). The number of carboxylic acids is 1. The zero-order valence-corrected chi connectivity index (χ0v) is 19.0. The first-order valence-corrected chi connectivity index (χ1v) is 10.8. The molecular weight excluding hydrogens is 450 g/mol. The molecule has 1 saturated heterocycles. The van der Waals surface area contributed by atoms with E-state index in [0.717, 1.165) is 24.3 Å². The van der Waals surface area contributed by atoms with Gasteiger partial charge in [-0.25, -0.2) is 9.78 Å². The van der Waals surface area contributed by atoms with Gasteiger partial charge >= 0.3 is 5.97 Å². The summed E-state index contributed by atoms with van der Waals surface area (Å²) in [5, 5.41) is 11.9. The number of amides is 1. The number of ether oxygens (including phenoxy) is 2. The van der Waals surface area contributed by atoms with E-state index in [1.165, 1.54) is 13.8 Å². The van der Waals surface area contributed by atoms with Crippen LogP contribution in [0.1, 0.15) is 13.8 Å². The van der Waals surface area contributed by atoms with Crippen molar-refractivity contribution in [1.82, 2.24) is 20.3 Å². The largest absolute Gasteiger partial charge is 0.480 e. The van der Waals surface area contributed by atoms with Crippen molar-refractivity contribution in [3.63, 3.8) is 0 Å². The summed E-state index contributed by atoms with van der Waals surface area (Å²) in [7, 11) is 0. The fourth-order valence-corrected chi connectivity index (χ4v) is 3.65. The number of morpholine rings is 1. The van der Waals surface area contributed by atoms with E-state index in [9.17, 15) is 9.59 Å². The molecule has 0 saturated carbocycles. The lowest BCUT2D eigenvalue weighted by molar-refractivity contribution is -0.146. The lowest BCUT2D eigenvalue weighted by Crippen LogP contribution is -2.51. The highest BCUT2D eigenvalue weighted by Gasteiger charge is 2.29. The molecule has 0 bridgehead atoms. The molecule has 0 aliphatic carbocycles. The number of aromatic nitrogens is 3. The van der Waals surface area contributed by atoms with E-state index in [2.05, 4.69) is 25.2 Å². The number of benzene rings is 1. The van der Waals surface area contributed by atoms with Crippen LogP contribution in [-0.2, 0) is 14.3 Å². The topological polar surface area (TPSA) is 130 Å². The van der Waals surface area contributed by atoms with Gasteiger partial charge in [0, 0.05) is 24.3 Å². The van der Waals surface area contributed by atoms with Crippen LogP contribution in [0.25, 0.3) is 22.4 Å². The fourth-order valence-electron chi connectivity index (χ4n) is 3.39. The molecule has 1 aliphatic rings. The summed E-state index contributed by atoms with van der Waals surface area (Å²) in [6.45, 7) is 5.51. The summed E-state index contributed by atoms with van der Waals surface area (Å²) in [5.74, 6) is -1.74. The Morgan fingerprint density at radius 3 is 2.61 bits per heavy atom. The third-order valence-electron chi connectivity index (χ3n) is 5.25. The second-order valence-corrected chi connectivity index (χ2v) is 8.55. The summed E-state index contributed by atoms with van der Waals surface area (Å²) in [6, 6.07) is 9.75. The van der Waals surface area contributed by atoms with Crippen molar-refractivity contribution < 1.29 is 24.2 Å². The van der Waals surface area contributed by atoms with Crippen LogP contribution in [0.15, 0.2) is 30.3 Å². The number of halogens is 1. The van der Waals surface area contributed by atoms with E-state index in [0.29, 0.717) is 35.1 Å². The average Bonchev–Trinajstić information content (AvgIpc) is 3.19. The molecule has 10 nitrogen and oxygen atoms in total. The Morgan fingerprint density at radius 2 is 1.94 bits per heavy atom. The highest BCUT2D eigenvalue weighted by molar-refractivity contribution is 6.33. The molecule has 1 aliphatic heterocycles. The van der Waals surface area contributed by atoms with Gasteiger partial charge in [0.05, 0.1) is 29.4 Å². The Hall–Kier alpha value is -3.37. The molecule has 0 radical (unpaired) electrons. The SMILES string of the molecule is CC(C)(NC(=O)COc1nc2nc(-c3ccc(N4CCOCC4)cc3)c(Cl)cc2[nH]1)C(=O)O. The highest BCUT2D eigenvalue weighted by Crippen LogP contribution is 2.31. The molecule has 1 aromatic carbocycles. The molecule has 1 amide bonds. The maximum Gasteiger partial charge on any atom is 0.328 e. The van der Waals surface area contributed by atoms with E-state index in [1.807, 2.05) is 24.3 Å². The van der Waals surface area contributed by atoms with Crippen molar-refractivity contribution in [3.05, 3.63) is 35.4 Å². The minimum Gasteiger partial charge on any atom is -0.480 e. The summed E-state index contributed by atoms with van der Waals surface area (Å²) >= 11 is 6.47. The Bertz CT molecular complexity index is 1170. The number of aliphatic carboxylic acids is 1. The third-order valence-corrected chi connectivity index (χ3v) is 5.54. The minimum absolute atomic E-state index is 0.0802. The Kier molecular flexibility index (Phi) is 6.39. The first-order chi connectivity index (χ1) is 15.7. The maximum absolute atomic E-state index is 12.0. The van der Waals surface area contributed by atoms with Crippen LogP contribution >= 0.6 is 11.6 Å². The van der Waals surface area contributed by atoms with Crippen molar-refractivity contribution in [3.8, 4) is 17.3 Å². The number of H-pyrrole nitrogens is 1. The van der Waals surface area contributed by atoms with E-state index in [-0.39, 0.29) is 6.01 Å². The van der Waals surface area contributed by atoms with Crippen molar-refractivity contribution in [1.29, 1.82) is 0 Å². The van der Waals surface area contributed by atoms with Crippen LogP contribution < -0.4 is 15.0 Å². The van der Waals surface area contributed by atoms with Crippen LogP contribution in [-0.4, -0.2) is 70.4 Å². The third kappa shape index (κ3) is 5.18. The van der Waals surface area contributed by atoms with E-state index in [1.54, 1.807) is 6.07 Å². The zero-order valence-electron chi connectivity index (χ0n) is 18.2. The molecule has 0 atom stereocenters. The van der Waals surface area contributed by atoms with Crippen molar-refractivity contribution in [2.45, 2.75) is 19.4 Å². The highest BCUT2D eigenvalue weighted by atomic mass is 35.5. The van der Waals surface area contributed by atoms with E-state index in [4.69, 9.17) is 26.2 Å². The summed E-state index contributed by atoms with van der Waals surface area (Å²) in [4.78, 5) is 37.1.